The predicted octanol–water partition coefficient (Wildman–Crippen LogP) is 0.115. The zero-order chi connectivity index (χ0) is 15.1. The Morgan fingerprint density at radius 3 is 2.71 bits per heavy atom. The Morgan fingerprint density at radius 2 is 2.00 bits per heavy atom. The van der Waals surface area contributed by atoms with Gasteiger partial charge in [-0.2, -0.15) is 0 Å². The number of aliphatic hydroxyl groups is 1. The molecule has 7 nitrogen and oxygen atoms in total. The molecule has 3 N–H and O–H groups in total. The molecule has 0 bridgehead atoms. The van der Waals surface area contributed by atoms with Crippen LogP contribution in [0, 0.1) is 0 Å². The highest BCUT2D eigenvalue weighted by molar-refractivity contribution is 5.38. The summed E-state index contributed by atoms with van der Waals surface area (Å²) in [5.41, 5.74) is 0.273. The molecule has 2 rings (SSSR count). The molecule has 7 heteroatoms. The van der Waals surface area contributed by atoms with Gasteiger partial charge in [-0.25, -0.2) is 4.79 Å². The average molecular weight is 291 g/mol. The second-order valence-electron chi connectivity index (χ2n) is 4.37. The fourth-order valence-electron chi connectivity index (χ4n) is 1.75. The van der Waals surface area contributed by atoms with Gasteiger partial charge in [0.2, 0.25) is 0 Å². The van der Waals surface area contributed by atoms with Gasteiger partial charge in [0.25, 0.3) is 5.56 Å². The molecule has 0 unspecified atom stereocenters. The average Bonchev–Trinajstić information content (AvgIpc) is 2.49. The van der Waals surface area contributed by atoms with Gasteiger partial charge in [-0.1, -0.05) is 30.3 Å². The monoisotopic (exact) mass is 291 g/mol. The molecule has 1 aromatic heterocycles. The van der Waals surface area contributed by atoms with E-state index in [0.29, 0.717) is 6.54 Å². The lowest BCUT2D eigenvalue weighted by Crippen LogP contribution is -2.32. The number of benzene rings is 1. The maximum absolute atomic E-state index is 11.7. The quantitative estimate of drug-likeness (QED) is 0.629. The number of aromatic nitrogens is 2. The second kappa shape index (κ2) is 7.41. The fourth-order valence-corrected chi connectivity index (χ4v) is 1.75. The van der Waals surface area contributed by atoms with E-state index in [4.69, 9.17) is 9.84 Å². The molecule has 0 saturated carbocycles. The van der Waals surface area contributed by atoms with Crippen molar-refractivity contribution in [3.63, 3.8) is 0 Å². The minimum atomic E-state index is -0.553. The van der Waals surface area contributed by atoms with Crippen LogP contribution in [-0.4, -0.2) is 27.9 Å². The van der Waals surface area contributed by atoms with Crippen molar-refractivity contribution >= 4 is 5.69 Å². The van der Waals surface area contributed by atoms with E-state index in [0.717, 1.165) is 5.56 Å². The van der Waals surface area contributed by atoms with Crippen molar-refractivity contribution in [3.05, 3.63) is 62.9 Å². The number of nitrogens with one attached hydrogen (secondary N) is 2. The van der Waals surface area contributed by atoms with Crippen molar-refractivity contribution in [2.24, 2.45) is 0 Å². The van der Waals surface area contributed by atoms with Crippen LogP contribution in [0.2, 0.25) is 0 Å². The van der Waals surface area contributed by atoms with Gasteiger partial charge in [0.05, 0.1) is 13.2 Å². The van der Waals surface area contributed by atoms with Gasteiger partial charge in [0.15, 0.2) is 0 Å². The van der Waals surface area contributed by atoms with Crippen LogP contribution in [0.1, 0.15) is 5.56 Å². The molecule has 0 saturated heterocycles. The minimum Gasteiger partial charge on any atom is -0.394 e. The summed E-state index contributed by atoms with van der Waals surface area (Å²) in [6.45, 7) is 0.436. The zero-order valence-corrected chi connectivity index (χ0v) is 11.4. The summed E-state index contributed by atoms with van der Waals surface area (Å²) < 4.78 is 6.30. The number of aromatic amines is 1. The third-order valence-electron chi connectivity index (χ3n) is 2.80. The minimum absolute atomic E-state index is 0.0316. The molecule has 0 aliphatic heterocycles. The maximum Gasteiger partial charge on any atom is 0.330 e. The lowest BCUT2D eigenvalue weighted by Gasteiger charge is -2.09. The lowest BCUT2D eigenvalue weighted by atomic mass is 10.2. The first kappa shape index (κ1) is 15.0. The molecule has 1 aromatic carbocycles. The van der Waals surface area contributed by atoms with Crippen LogP contribution in [-0.2, 0) is 18.0 Å². The van der Waals surface area contributed by atoms with Gasteiger partial charge in [0, 0.05) is 12.7 Å². The van der Waals surface area contributed by atoms with Crippen LogP contribution < -0.4 is 16.6 Å². The summed E-state index contributed by atoms with van der Waals surface area (Å²) >= 11 is 0. The Morgan fingerprint density at radius 1 is 1.24 bits per heavy atom. The molecule has 0 atom stereocenters. The van der Waals surface area contributed by atoms with Gasteiger partial charge >= 0.3 is 5.69 Å². The van der Waals surface area contributed by atoms with Crippen molar-refractivity contribution in [1.82, 2.24) is 9.55 Å². The van der Waals surface area contributed by atoms with E-state index in [2.05, 4.69) is 10.3 Å². The van der Waals surface area contributed by atoms with Gasteiger partial charge in [-0.15, -0.1) is 0 Å². The summed E-state index contributed by atoms with van der Waals surface area (Å²) in [5, 5.41) is 11.6. The number of ether oxygens (including phenoxy) is 1. The van der Waals surface area contributed by atoms with Crippen LogP contribution in [0.25, 0.3) is 0 Å². The van der Waals surface area contributed by atoms with Crippen LogP contribution in [0.15, 0.2) is 46.1 Å². The van der Waals surface area contributed by atoms with Crippen molar-refractivity contribution in [2.45, 2.75) is 13.3 Å². The highest BCUT2D eigenvalue weighted by Gasteiger charge is 2.04. The largest absolute Gasteiger partial charge is 0.394 e. The Kier molecular flexibility index (Phi) is 5.30. The number of anilines is 1. The first-order valence-electron chi connectivity index (χ1n) is 6.51. The number of nitrogens with zero attached hydrogens (tertiary/aromatic N) is 1. The second-order valence-corrected chi connectivity index (χ2v) is 4.37. The molecule has 0 fully saturated rings. The van der Waals surface area contributed by atoms with Crippen molar-refractivity contribution in [2.75, 3.05) is 18.5 Å². The first-order valence-corrected chi connectivity index (χ1v) is 6.51. The molecule has 0 spiro atoms. The third kappa shape index (κ3) is 4.30. The number of aliphatic hydroxyl groups excluding tert-OH is 1. The number of hydrogen-bond acceptors (Lipinski definition) is 5. The van der Waals surface area contributed by atoms with E-state index in [1.165, 1.54) is 10.8 Å². The van der Waals surface area contributed by atoms with E-state index < -0.39 is 11.2 Å². The zero-order valence-electron chi connectivity index (χ0n) is 11.4. The Balaban J connectivity index is 2.10. The van der Waals surface area contributed by atoms with Crippen LogP contribution in [0.4, 0.5) is 5.69 Å². The molecule has 1 heterocycles. The number of hydrogen-bond donors (Lipinski definition) is 3. The summed E-state index contributed by atoms with van der Waals surface area (Å²) in [6.07, 6.45) is 1.40. The highest BCUT2D eigenvalue weighted by Crippen LogP contribution is 2.03. The first-order chi connectivity index (χ1) is 10.2. The lowest BCUT2D eigenvalue weighted by molar-refractivity contribution is 0.0457. The topological polar surface area (TPSA) is 96.4 Å². The van der Waals surface area contributed by atoms with E-state index in [1.54, 1.807) is 0 Å². The van der Waals surface area contributed by atoms with Crippen molar-refractivity contribution in [1.29, 1.82) is 0 Å². The predicted molar refractivity (Wildman–Crippen MR) is 78.1 cm³/mol. The van der Waals surface area contributed by atoms with Crippen LogP contribution >= 0.6 is 0 Å². The molecule has 2 aromatic rings. The molecule has 21 heavy (non-hydrogen) atoms. The summed E-state index contributed by atoms with van der Waals surface area (Å²) in [7, 11) is 0. The van der Waals surface area contributed by atoms with Gasteiger partial charge in [0.1, 0.15) is 12.4 Å². The SMILES string of the molecule is O=c1[nH]c(=O)n(COCCO)cc1NCc1ccccc1. The van der Waals surface area contributed by atoms with Gasteiger partial charge in [-0.3, -0.25) is 14.3 Å². The number of H-pyrrole nitrogens is 1. The van der Waals surface area contributed by atoms with Crippen LogP contribution in [0.5, 0.6) is 0 Å². The smallest absolute Gasteiger partial charge is 0.330 e. The number of rotatable bonds is 7. The van der Waals surface area contributed by atoms with E-state index >= 15 is 0 Å². The highest BCUT2D eigenvalue weighted by atomic mass is 16.5. The van der Waals surface area contributed by atoms with Gasteiger partial charge in [-0.05, 0) is 5.56 Å². The van der Waals surface area contributed by atoms with E-state index in [-0.39, 0.29) is 25.6 Å². The summed E-state index contributed by atoms with van der Waals surface area (Å²) in [6, 6.07) is 9.59. The molecule has 0 aliphatic rings. The van der Waals surface area contributed by atoms with Gasteiger partial charge < -0.3 is 15.2 Å². The third-order valence-corrected chi connectivity index (χ3v) is 2.80. The standard InChI is InChI=1S/C14H17N3O4/c18-6-7-21-10-17-9-12(13(19)16-14(17)20)15-8-11-4-2-1-3-5-11/h1-5,9,15,18H,6-8,10H2,(H,16,19,20). The summed E-state index contributed by atoms with van der Waals surface area (Å²) in [4.78, 5) is 25.5. The normalized spacial score (nSPS) is 10.5. The van der Waals surface area contributed by atoms with Crippen molar-refractivity contribution < 1.29 is 9.84 Å². The molecule has 0 amide bonds. The fraction of sp³-hybridized carbons (Fsp3) is 0.286. The molecular formula is C14H17N3O4. The Bertz CT molecular complexity index is 679. The maximum atomic E-state index is 11.7. The summed E-state index contributed by atoms with van der Waals surface area (Å²) in [5.74, 6) is 0. The van der Waals surface area contributed by atoms with Crippen LogP contribution in [0.3, 0.4) is 0 Å². The molecule has 112 valence electrons. The molecule has 0 aliphatic carbocycles. The van der Waals surface area contributed by atoms with E-state index in [1.807, 2.05) is 30.3 Å². The molecular weight excluding hydrogens is 274 g/mol. The van der Waals surface area contributed by atoms with Crippen molar-refractivity contribution in [3.8, 4) is 0 Å². The Hall–Kier alpha value is -2.38. The molecule has 0 radical (unpaired) electrons. The Labute approximate surface area is 120 Å². The van der Waals surface area contributed by atoms with E-state index in [9.17, 15) is 9.59 Å².